The summed E-state index contributed by atoms with van der Waals surface area (Å²) in [5.41, 5.74) is 0. The normalized spacial score (nSPS) is 36.5. The van der Waals surface area contributed by atoms with Crippen LogP contribution >= 0.6 is 0 Å². The largest absolute Gasteiger partial charge is 0.394 e. The Labute approximate surface area is 124 Å². The maximum atomic E-state index is 11.7. The van der Waals surface area contributed by atoms with Crippen molar-refractivity contribution in [2.24, 2.45) is 5.92 Å². The van der Waals surface area contributed by atoms with Gasteiger partial charge in [-0.1, -0.05) is 0 Å². The standard InChI is InChI=1S/C11H18O11/c1-4(10(17)21-22-20-5(2)13)11(18)9(16)8(15)7(14)6(3-12)19-11/h4,6-9,12,14-16,18H,3H2,1-2H3/t4?,6-,7-,8+,9-,11?/m1/s1. The molecule has 1 fully saturated rings. The highest BCUT2D eigenvalue weighted by atomic mass is 17.5. The molecule has 0 spiro atoms. The third-order valence-corrected chi connectivity index (χ3v) is 3.24. The Morgan fingerprint density at radius 2 is 1.82 bits per heavy atom. The molecule has 22 heavy (non-hydrogen) atoms. The molecule has 0 aromatic rings. The Balaban J connectivity index is 2.81. The summed E-state index contributed by atoms with van der Waals surface area (Å²) in [5, 5.41) is 52.2. The molecule has 0 aromatic heterocycles. The molecule has 0 bridgehead atoms. The van der Waals surface area contributed by atoms with E-state index >= 15 is 0 Å². The number of ether oxygens (including phenoxy) is 1. The minimum atomic E-state index is -2.68. The van der Waals surface area contributed by atoms with E-state index in [9.17, 15) is 30.0 Å². The average Bonchev–Trinajstić information content (AvgIpc) is 2.47. The topological polar surface area (TPSA) is 172 Å². The summed E-state index contributed by atoms with van der Waals surface area (Å²) in [6.07, 6.45) is -7.10. The number of carbonyl (C=O) groups excluding carboxylic acids is 2. The zero-order chi connectivity index (χ0) is 17.1. The van der Waals surface area contributed by atoms with E-state index in [2.05, 4.69) is 14.8 Å². The highest BCUT2D eigenvalue weighted by molar-refractivity contribution is 5.72. The molecule has 1 rings (SSSR count). The summed E-state index contributed by atoms with van der Waals surface area (Å²) in [4.78, 5) is 30.1. The Kier molecular flexibility index (Phi) is 6.19. The molecule has 5 N–H and O–H groups in total. The summed E-state index contributed by atoms with van der Waals surface area (Å²) in [6.45, 7) is 1.24. The van der Waals surface area contributed by atoms with Crippen molar-refractivity contribution >= 4 is 11.9 Å². The molecule has 128 valence electrons. The van der Waals surface area contributed by atoms with Gasteiger partial charge in [-0.05, 0) is 6.92 Å². The molecule has 0 saturated carbocycles. The molecule has 1 aliphatic rings. The third-order valence-electron chi connectivity index (χ3n) is 3.24. The van der Waals surface area contributed by atoms with Crippen LogP contribution in [0.25, 0.3) is 0 Å². The summed E-state index contributed by atoms with van der Waals surface area (Å²) >= 11 is 0. The number of rotatable bonds is 5. The van der Waals surface area contributed by atoms with Gasteiger partial charge >= 0.3 is 11.9 Å². The van der Waals surface area contributed by atoms with Crippen molar-refractivity contribution in [1.82, 2.24) is 0 Å². The van der Waals surface area contributed by atoms with Crippen LogP contribution in [-0.2, 0) is 29.1 Å². The Hall–Kier alpha value is -1.34. The van der Waals surface area contributed by atoms with Crippen LogP contribution in [0.1, 0.15) is 13.8 Å². The van der Waals surface area contributed by atoms with Crippen LogP contribution < -0.4 is 0 Å². The molecule has 1 saturated heterocycles. The van der Waals surface area contributed by atoms with Gasteiger partial charge < -0.3 is 30.3 Å². The van der Waals surface area contributed by atoms with E-state index in [0.717, 1.165) is 13.8 Å². The van der Waals surface area contributed by atoms with Gasteiger partial charge in [0.05, 0.1) is 6.61 Å². The third kappa shape index (κ3) is 3.70. The lowest BCUT2D eigenvalue weighted by molar-refractivity contribution is -0.463. The quantitative estimate of drug-likeness (QED) is 0.253. The molecule has 1 aliphatic heterocycles. The second-order valence-electron chi connectivity index (χ2n) is 4.78. The summed E-state index contributed by atoms with van der Waals surface area (Å²) in [7, 11) is 0. The first kappa shape index (κ1) is 18.7. The maximum Gasteiger partial charge on any atom is 0.354 e. The molecular formula is C11H18O11. The highest BCUT2D eigenvalue weighted by Gasteiger charge is 2.57. The fourth-order valence-electron chi connectivity index (χ4n) is 1.88. The lowest BCUT2D eigenvalue weighted by atomic mass is 9.85. The summed E-state index contributed by atoms with van der Waals surface area (Å²) in [6, 6.07) is 0. The van der Waals surface area contributed by atoms with Crippen LogP contribution in [0.15, 0.2) is 0 Å². The average molecular weight is 326 g/mol. The zero-order valence-corrected chi connectivity index (χ0v) is 11.8. The van der Waals surface area contributed by atoms with Crippen LogP contribution in [0.3, 0.4) is 0 Å². The van der Waals surface area contributed by atoms with Crippen molar-refractivity contribution in [3.05, 3.63) is 0 Å². The molecule has 0 radical (unpaired) electrons. The van der Waals surface area contributed by atoms with Gasteiger partial charge in [0.15, 0.2) is 0 Å². The van der Waals surface area contributed by atoms with Crippen molar-refractivity contribution < 1.29 is 54.7 Å². The van der Waals surface area contributed by atoms with E-state index in [4.69, 9.17) is 9.84 Å². The molecule has 0 aromatic carbocycles. The molecule has 6 atom stereocenters. The first-order valence-corrected chi connectivity index (χ1v) is 6.26. The minimum absolute atomic E-state index is 0.793. The predicted molar refractivity (Wildman–Crippen MR) is 63.0 cm³/mol. The lowest BCUT2D eigenvalue weighted by Gasteiger charge is -2.46. The monoisotopic (exact) mass is 326 g/mol. The number of aliphatic hydroxyl groups is 5. The van der Waals surface area contributed by atoms with Crippen LogP contribution in [0.4, 0.5) is 0 Å². The van der Waals surface area contributed by atoms with Crippen molar-refractivity contribution in [1.29, 1.82) is 0 Å². The van der Waals surface area contributed by atoms with E-state index in [1.54, 1.807) is 0 Å². The van der Waals surface area contributed by atoms with Crippen LogP contribution in [0, 0.1) is 5.92 Å². The van der Waals surface area contributed by atoms with E-state index in [-0.39, 0.29) is 0 Å². The van der Waals surface area contributed by atoms with Crippen molar-refractivity contribution in [3.8, 4) is 0 Å². The fourth-order valence-corrected chi connectivity index (χ4v) is 1.88. The molecular weight excluding hydrogens is 308 g/mol. The van der Waals surface area contributed by atoms with Crippen molar-refractivity contribution in [2.75, 3.05) is 6.61 Å². The predicted octanol–water partition coefficient (Wildman–Crippen LogP) is -3.26. The van der Waals surface area contributed by atoms with Gasteiger partial charge in [-0.2, -0.15) is 0 Å². The lowest BCUT2D eigenvalue weighted by Crippen LogP contribution is -2.68. The minimum Gasteiger partial charge on any atom is -0.394 e. The van der Waals surface area contributed by atoms with Gasteiger partial charge in [-0.25, -0.2) is 9.59 Å². The Morgan fingerprint density at radius 1 is 1.23 bits per heavy atom. The highest BCUT2D eigenvalue weighted by Crippen LogP contribution is 2.34. The van der Waals surface area contributed by atoms with Gasteiger partial charge in [0.2, 0.25) is 5.79 Å². The first-order valence-electron chi connectivity index (χ1n) is 6.26. The smallest absolute Gasteiger partial charge is 0.354 e. The number of hydrogen-bond donors (Lipinski definition) is 5. The number of aliphatic hydroxyl groups excluding tert-OH is 4. The van der Waals surface area contributed by atoms with Gasteiger partial charge in [0, 0.05) is 12.0 Å². The first-order chi connectivity index (χ1) is 10.1. The van der Waals surface area contributed by atoms with Gasteiger partial charge in [0.25, 0.3) is 0 Å². The zero-order valence-electron chi connectivity index (χ0n) is 11.8. The van der Waals surface area contributed by atoms with Crippen LogP contribution in [0.5, 0.6) is 0 Å². The summed E-state index contributed by atoms with van der Waals surface area (Å²) in [5.74, 6) is -6.52. The van der Waals surface area contributed by atoms with Crippen molar-refractivity contribution in [2.45, 2.75) is 44.1 Å². The van der Waals surface area contributed by atoms with E-state index in [1.807, 2.05) is 0 Å². The fraction of sp³-hybridized carbons (Fsp3) is 0.818. The number of carbonyl (C=O) groups is 2. The van der Waals surface area contributed by atoms with E-state index in [0.29, 0.717) is 0 Å². The molecule has 0 aliphatic carbocycles. The van der Waals surface area contributed by atoms with Crippen molar-refractivity contribution in [3.63, 3.8) is 0 Å². The Bertz CT molecular complexity index is 411. The molecule has 11 heteroatoms. The molecule has 1 heterocycles. The molecule has 0 amide bonds. The second-order valence-corrected chi connectivity index (χ2v) is 4.78. The van der Waals surface area contributed by atoms with E-state index < -0.39 is 54.7 Å². The Morgan fingerprint density at radius 3 is 2.32 bits per heavy atom. The van der Waals surface area contributed by atoms with E-state index in [1.165, 1.54) is 0 Å². The van der Waals surface area contributed by atoms with Crippen LogP contribution in [-0.4, -0.2) is 74.3 Å². The number of hydrogen-bond acceptors (Lipinski definition) is 11. The van der Waals surface area contributed by atoms with Gasteiger partial charge in [0.1, 0.15) is 30.3 Å². The second kappa shape index (κ2) is 7.28. The van der Waals surface area contributed by atoms with Gasteiger partial charge in [-0.3, -0.25) is 9.78 Å². The summed E-state index contributed by atoms with van der Waals surface area (Å²) < 4.78 is 4.91. The van der Waals surface area contributed by atoms with Crippen LogP contribution in [0.2, 0.25) is 0 Å². The molecule has 2 unspecified atom stereocenters. The molecule has 11 nitrogen and oxygen atoms in total. The van der Waals surface area contributed by atoms with Gasteiger partial charge in [-0.15, -0.1) is 0 Å². The SMILES string of the molecule is CC(=O)OOOC(=O)C(C)C1(O)O[C@H](CO)[C@@H](O)[C@H](O)[C@H]1O. The maximum absolute atomic E-state index is 11.7.